The summed E-state index contributed by atoms with van der Waals surface area (Å²) >= 11 is 1.52. The predicted octanol–water partition coefficient (Wildman–Crippen LogP) is 4.87. The summed E-state index contributed by atoms with van der Waals surface area (Å²) in [6.07, 6.45) is 1.42. The predicted molar refractivity (Wildman–Crippen MR) is 68.9 cm³/mol. The Morgan fingerprint density at radius 1 is 1.28 bits per heavy atom. The number of oxazole rings is 1. The third-order valence-electron chi connectivity index (χ3n) is 2.40. The number of fused-ring (bicyclic) bond motifs is 1. The highest BCUT2D eigenvalue weighted by molar-refractivity contribution is 7.99. The Kier molecular flexibility index (Phi) is 4.75. The Morgan fingerprint density at radius 2 is 2.11 bits per heavy atom. The van der Waals surface area contributed by atoms with E-state index in [1.165, 1.54) is 11.8 Å². The number of thioether (sulfide) groups is 1. The van der Waals surface area contributed by atoms with Gasteiger partial charge in [0.2, 0.25) is 0 Å². The molecular formula is C13H13F2NOS. The minimum atomic E-state index is -1.60. The first kappa shape index (κ1) is 13.1. The van der Waals surface area contributed by atoms with Crippen molar-refractivity contribution >= 4 is 22.9 Å². The number of hydrogen-bond donors (Lipinski definition) is 0. The van der Waals surface area contributed by atoms with Crippen molar-refractivity contribution in [1.82, 2.24) is 4.98 Å². The maximum absolute atomic E-state index is 11.8. The minimum Gasteiger partial charge on any atom is -0.431 e. The lowest BCUT2D eigenvalue weighted by atomic mass is 10.2. The van der Waals surface area contributed by atoms with Gasteiger partial charge < -0.3 is 4.42 Å². The van der Waals surface area contributed by atoms with Gasteiger partial charge in [0.25, 0.3) is 11.3 Å². The van der Waals surface area contributed by atoms with Gasteiger partial charge in [0.1, 0.15) is 5.52 Å². The van der Waals surface area contributed by atoms with Crippen molar-refractivity contribution in [3.8, 4) is 0 Å². The molecule has 0 amide bonds. The van der Waals surface area contributed by atoms with E-state index in [2.05, 4.69) is 4.98 Å². The average Bonchev–Trinajstić information content (AvgIpc) is 2.75. The van der Waals surface area contributed by atoms with Gasteiger partial charge in [-0.1, -0.05) is 23.9 Å². The molecule has 96 valence electrons. The van der Waals surface area contributed by atoms with Crippen molar-refractivity contribution in [2.75, 3.05) is 5.75 Å². The van der Waals surface area contributed by atoms with E-state index in [1.807, 2.05) is 24.3 Å². The lowest BCUT2D eigenvalue weighted by Crippen LogP contribution is -1.80. The first-order chi connectivity index (χ1) is 8.75. The third-order valence-corrected chi connectivity index (χ3v) is 3.31. The maximum Gasteiger partial charge on any atom is 0.266 e. The van der Waals surface area contributed by atoms with Crippen molar-refractivity contribution in [3.05, 3.63) is 36.4 Å². The lowest BCUT2D eigenvalue weighted by Gasteiger charge is -1.95. The summed E-state index contributed by atoms with van der Waals surface area (Å²) in [6, 6.07) is 7.59. The van der Waals surface area contributed by atoms with Gasteiger partial charge in [0.15, 0.2) is 5.58 Å². The van der Waals surface area contributed by atoms with Crippen molar-refractivity contribution in [1.29, 1.82) is 0 Å². The van der Waals surface area contributed by atoms with E-state index >= 15 is 0 Å². The van der Waals surface area contributed by atoms with Gasteiger partial charge in [-0.2, -0.15) is 8.78 Å². The van der Waals surface area contributed by atoms with Gasteiger partial charge in [-0.3, -0.25) is 0 Å². The van der Waals surface area contributed by atoms with Crippen LogP contribution in [0.4, 0.5) is 8.78 Å². The highest BCUT2D eigenvalue weighted by Crippen LogP contribution is 2.24. The molecule has 5 heteroatoms. The minimum absolute atomic E-state index is 0.427. The Bertz CT molecular complexity index is 502. The molecule has 18 heavy (non-hydrogen) atoms. The summed E-state index contributed by atoms with van der Waals surface area (Å²) in [7, 11) is 0. The summed E-state index contributed by atoms with van der Waals surface area (Å²) in [5, 5.41) is 0.642. The molecule has 0 aliphatic heterocycles. The summed E-state index contributed by atoms with van der Waals surface area (Å²) in [5.41, 5.74) is 1.63. The molecule has 0 aliphatic rings. The zero-order valence-electron chi connectivity index (χ0n) is 9.73. The van der Waals surface area contributed by atoms with E-state index in [0.29, 0.717) is 11.6 Å². The van der Waals surface area contributed by atoms with E-state index in [4.69, 9.17) is 4.42 Å². The lowest BCUT2D eigenvalue weighted by molar-refractivity contribution is 0.417. The molecule has 0 bridgehead atoms. The SMILES string of the molecule is FC(F)=CCCCCSc1nc2ccccc2o1. The highest BCUT2D eigenvalue weighted by Gasteiger charge is 2.04. The molecular weight excluding hydrogens is 256 g/mol. The third kappa shape index (κ3) is 3.84. The van der Waals surface area contributed by atoms with Crippen LogP contribution < -0.4 is 0 Å². The summed E-state index contributed by atoms with van der Waals surface area (Å²) < 4.78 is 29.0. The summed E-state index contributed by atoms with van der Waals surface area (Å²) in [5.74, 6) is 0.828. The second-order valence-corrected chi connectivity index (χ2v) is 4.83. The Hall–Kier alpha value is -1.36. The topological polar surface area (TPSA) is 26.0 Å². The first-order valence-corrected chi connectivity index (χ1v) is 6.74. The quantitative estimate of drug-likeness (QED) is 0.552. The van der Waals surface area contributed by atoms with Crippen molar-refractivity contribution in [2.45, 2.75) is 24.5 Å². The largest absolute Gasteiger partial charge is 0.431 e. The number of allylic oxidation sites excluding steroid dienone is 1. The number of nitrogens with zero attached hydrogens (tertiary/aromatic N) is 1. The van der Waals surface area contributed by atoms with Gasteiger partial charge >= 0.3 is 0 Å². The Morgan fingerprint density at radius 3 is 2.89 bits per heavy atom. The van der Waals surface area contributed by atoms with Crippen LogP contribution in [0.25, 0.3) is 11.1 Å². The molecule has 0 saturated carbocycles. The second-order valence-electron chi connectivity index (χ2n) is 3.79. The highest BCUT2D eigenvalue weighted by atomic mass is 32.2. The Balaban J connectivity index is 1.75. The zero-order chi connectivity index (χ0) is 12.8. The number of rotatable bonds is 6. The Labute approximate surface area is 108 Å². The van der Waals surface area contributed by atoms with Crippen LogP contribution in [0.15, 0.2) is 46.1 Å². The van der Waals surface area contributed by atoms with Crippen molar-refractivity contribution in [2.24, 2.45) is 0 Å². The fourth-order valence-corrected chi connectivity index (χ4v) is 2.36. The average molecular weight is 269 g/mol. The fraction of sp³-hybridized carbons (Fsp3) is 0.308. The molecule has 1 heterocycles. The second kappa shape index (κ2) is 6.54. The fourth-order valence-electron chi connectivity index (χ4n) is 1.53. The molecule has 2 aromatic rings. The number of benzene rings is 1. The van der Waals surface area contributed by atoms with Crippen LogP contribution in [-0.2, 0) is 0 Å². The van der Waals surface area contributed by atoms with Crippen LogP contribution in [0.3, 0.4) is 0 Å². The molecule has 2 rings (SSSR count). The van der Waals surface area contributed by atoms with Crippen molar-refractivity contribution in [3.63, 3.8) is 0 Å². The standard InChI is InChI=1S/C13H13F2NOS/c14-12(15)8-2-1-5-9-18-13-16-10-6-3-4-7-11(10)17-13/h3-4,6-8H,1-2,5,9H2. The van der Waals surface area contributed by atoms with Gasteiger partial charge in [0.05, 0.1) is 0 Å². The molecule has 0 atom stereocenters. The van der Waals surface area contributed by atoms with Crippen LogP contribution in [0.2, 0.25) is 0 Å². The van der Waals surface area contributed by atoms with Gasteiger partial charge in [-0.15, -0.1) is 0 Å². The van der Waals surface area contributed by atoms with E-state index < -0.39 is 6.08 Å². The van der Waals surface area contributed by atoms with Crippen LogP contribution in [0, 0.1) is 0 Å². The summed E-state index contributed by atoms with van der Waals surface area (Å²) in [6.45, 7) is 0. The van der Waals surface area contributed by atoms with Gasteiger partial charge in [-0.25, -0.2) is 4.98 Å². The van der Waals surface area contributed by atoms with E-state index in [1.54, 1.807) is 0 Å². The number of aromatic nitrogens is 1. The molecule has 0 N–H and O–H groups in total. The van der Waals surface area contributed by atoms with Crippen LogP contribution in [-0.4, -0.2) is 10.7 Å². The molecule has 1 aromatic carbocycles. The maximum atomic E-state index is 11.8. The molecule has 2 nitrogen and oxygen atoms in total. The molecule has 1 aromatic heterocycles. The van der Waals surface area contributed by atoms with Crippen LogP contribution in [0.1, 0.15) is 19.3 Å². The number of halogens is 2. The number of hydrogen-bond acceptors (Lipinski definition) is 3. The molecule has 0 saturated heterocycles. The molecule has 0 fully saturated rings. The number of para-hydroxylation sites is 2. The first-order valence-electron chi connectivity index (χ1n) is 5.75. The van der Waals surface area contributed by atoms with Crippen molar-refractivity contribution < 1.29 is 13.2 Å². The van der Waals surface area contributed by atoms with Gasteiger partial charge in [-0.05, 0) is 37.5 Å². The normalized spacial score (nSPS) is 10.8. The van der Waals surface area contributed by atoms with E-state index in [-0.39, 0.29) is 0 Å². The van der Waals surface area contributed by atoms with E-state index in [9.17, 15) is 8.78 Å². The summed E-state index contributed by atoms with van der Waals surface area (Å²) in [4.78, 5) is 4.32. The molecule has 0 unspecified atom stereocenters. The number of unbranched alkanes of at least 4 members (excludes halogenated alkanes) is 2. The smallest absolute Gasteiger partial charge is 0.266 e. The molecule has 0 radical (unpaired) electrons. The van der Waals surface area contributed by atoms with Crippen LogP contribution >= 0.6 is 11.8 Å². The molecule has 0 spiro atoms. The van der Waals surface area contributed by atoms with Gasteiger partial charge in [0, 0.05) is 5.75 Å². The monoisotopic (exact) mass is 269 g/mol. The zero-order valence-corrected chi connectivity index (χ0v) is 10.6. The van der Waals surface area contributed by atoms with Crippen LogP contribution in [0.5, 0.6) is 0 Å². The molecule has 0 aliphatic carbocycles. The van der Waals surface area contributed by atoms with E-state index in [0.717, 1.165) is 35.8 Å².